The molecule has 0 aliphatic rings. The van der Waals surface area contributed by atoms with Gasteiger partial charge < -0.3 is 19.9 Å². The highest BCUT2D eigenvalue weighted by molar-refractivity contribution is 5.91. The molecule has 1 aromatic carbocycles. The molecule has 0 saturated carbocycles. The third kappa shape index (κ3) is 4.60. The number of phenols is 1. The molecule has 2 N–H and O–H groups in total. The molecular formula is C12H18N2O4. The first-order valence-electron chi connectivity index (χ1n) is 5.52. The predicted molar refractivity (Wildman–Crippen MR) is 67.7 cm³/mol. The summed E-state index contributed by atoms with van der Waals surface area (Å²) in [4.78, 5) is 13.1. The van der Waals surface area contributed by atoms with Gasteiger partial charge in [-0.25, -0.2) is 4.79 Å². The van der Waals surface area contributed by atoms with Gasteiger partial charge in [-0.2, -0.15) is 0 Å². The van der Waals surface area contributed by atoms with E-state index in [1.54, 1.807) is 26.3 Å². The topological polar surface area (TPSA) is 71.0 Å². The van der Waals surface area contributed by atoms with E-state index in [4.69, 9.17) is 14.6 Å². The van der Waals surface area contributed by atoms with E-state index in [1.807, 2.05) is 0 Å². The van der Waals surface area contributed by atoms with Gasteiger partial charge in [-0.15, -0.1) is 0 Å². The fraction of sp³-hybridized carbons (Fsp3) is 0.417. The van der Waals surface area contributed by atoms with Crippen LogP contribution in [0.3, 0.4) is 0 Å². The van der Waals surface area contributed by atoms with E-state index in [0.29, 0.717) is 18.9 Å². The molecule has 0 aliphatic carbocycles. The summed E-state index contributed by atoms with van der Waals surface area (Å²) in [7, 11) is 3.22. The minimum atomic E-state index is -0.280. The maximum absolute atomic E-state index is 11.7. The largest absolute Gasteiger partial charge is 0.508 e. The second kappa shape index (κ2) is 7.52. The molecule has 1 aromatic rings. The number of aromatic hydroxyl groups is 1. The number of amides is 2. The van der Waals surface area contributed by atoms with Gasteiger partial charge in [-0.1, -0.05) is 0 Å². The fourth-order valence-electron chi connectivity index (χ4n) is 1.24. The molecule has 0 bridgehead atoms. The van der Waals surface area contributed by atoms with Gasteiger partial charge in [0, 0.05) is 19.8 Å². The number of hydrogen-bond acceptors (Lipinski definition) is 4. The minimum absolute atomic E-state index is 0.130. The molecule has 100 valence electrons. The van der Waals surface area contributed by atoms with Gasteiger partial charge in [0.05, 0.1) is 13.2 Å². The smallest absolute Gasteiger partial charge is 0.323 e. The summed E-state index contributed by atoms with van der Waals surface area (Å²) in [6.45, 7) is 1.05. The Kier molecular flexibility index (Phi) is 5.96. The van der Waals surface area contributed by atoms with Crippen LogP contribution < -0.4 is 10.2 Å². The number of anilines is 1. The van der Waals surface area contributed by atoms with E-state index < -0.39 is 0 Å². The molecule has 1 rings (SSSR count). The van der Waals surface area contributed by atoms with Gasteiger partial charge >= 0.3 is 6.03 Å². The van der Waals surface area contributed by atoms with Gasteiger partial charge in [-0.05, 0) is 24.3 Å². The number of carbonyl (C=O) groups is 1. The molecular weight excluding hydrogens is 236 g/mol. The highest BCUT2D eigenvalue weighted by atomic mass is 16.5. The Bertz CT molecular complexity index is 367. The van der Waals surface area contributed by atoms with Crippen molar-refractivity contribution in [2.75, 3.05) is 39.0 Å². The molecule has 0 aromatic heterocycles. The van der Waals surface area contributed by atoms with E-state index in [9.17, 15) is 4.79 Å². The second-order valence-electron chi connectivity index (χ2n) is 3.60. The van der Waals surface area contributed by atoms with Crippen molar-refractivity contribution in [3.63, 3.8) is 0 Å². The van der Waals surface area contributed by atoms with Gasteiger partial charge in [0.1, 0.15) is 12.5 Å². The van der Waals surface area contributed by atoms with Crippen molar-refractivity contribution in [1.82, 2.24) is 5.32 Å². The van der Waals surface area contributed by atoms with Crippen LogP contribution in [-0.4, -0.2) is 45.2 Å². The maximum atomic E-state index is 11.7. The average molecular weight is 254 g/mol. The van der Waals surface area contributed by atoms with Crippen LogP contribution in [0.1, 0.15) is 0 Å². The van der Waals surface area contributed by atoms with Crippen molar-refractivity contribution in [3.05, 3.63) is 24.3 Å². The van der Waals surface area contributed by atoms with Crippen LogP contribution in [0.5, 0.6) is 5.75 Å². The van der Waals surface area contributed by atoms with Crippen molar-refractivity contribution >= 4 is 11.7 Å². The first-order chi connectivity index (χ1) is 8.65. The molecule has 0 atom stereocenters. The molecule has 0 unspecified atom stereocenters. The van der Waals surface area contributed by atoms with Crippen LogP contribution in [0.4, 0.5) is 10.5 Å². The monoisotopic (exact) mass is 254 g/mol. The number of carbonyl (C=O) groups excluding carboxylic acids is 1. The summed E-state index contributed by atoms with van der Waals surface area (Å²) in [6.07, 6.45) is 0. The fourth-order valence-corrected chi connectivity index (χ4v) is 1.24. The van der Waals surface area contributed by atoms with E-state index in [2.05, 4.69) is 5.32 Å². The quantitative estimate of drug-likeness (QED) is 0.590. The van der Waals surface area contributed by atoms with E-state index in [0.717, 1.165) is 0 Å². The highest BCUT2D eigenvalue weighted by Gasteiger charge is 2.09. The molecule has 0 spiro atoms. The molecule has 0 radical (unpaired) electrons. The van der Waals surface area contributed by atoms with Gasteiger partial charge in [0.25, 0.3) is 0 Å². The zero-order valence-corrected chi connectivity index (χ0v) is 10.5. The Morgan fingerprint density at radius 1 is 1.33 bits per heavy atom. The lowest BCUT2D eigenvalue weighted by Gasteiger charge is -2.18. The Morgan fingerprint density at radius 3 is 2.61 bits per heavy atom. The Morgan fingerprint density at radius 2 is 2.00 bits per heavy atom. The van der Waals surface area contributed by atoms with Crippen LogP contribution in [0.25, 0.3) is 0 Å². The summed E-state index contributed by atoms with van der Waals surface area (Å²) in [5, 5.41) is 11.8. The Hall–Kier alpha value is -1.79. The summed E-state index contributed by atoms with van der Waals surface area (Å²) < 4.78 is 9.93. The van der Waals surface area contributed by atoms with Gasteiger partial charge in [-0.3, -0.25) is 4.90 Å². The number of nitrogens with one attached hydrogen (secondary N) is 1. The van der Waals surface area contributed by atoms with Gasteiger partial charge in [0.2, 0.25) is 0 Å². The van der Waals surface area contributed by atoms with Crippen molar-refractivity contribution in [2.45, 2.75) is 0 Å². The number of nitrogens with zero attached hydrogens (tertiary/aromatic N) is 1. The molecule has 6 heteroatoms. The standard InChI is InChI=1S/C12H18N2O4/c1-14(10-3-5-11(15)6-4-10)12(16)13-9-18-8-7-17-2/h3-6,15H,7-9H2,1-2H3,(H,13,16). The summed E-state index contributed by atoms with van der Waals surface area (Å²) in [6, 6.07) is 6.07. The third-order valence-electron chi connectivity index (χ3n) is 2.30. The second-order valence-corrected chi connectivity index (χ2v) is 3.60. The van der Waals surface area contributed by atoms with Crippen molar-refractivity contribution in [3.8, 4) is 5.75 Å². The summed E-state index contributed by atoms with van der Waals surface area (Å²) in [5.74, 6) is 0.162. The first-order valence-corrected chi connectivity index (χ1v) is 5.52. The Balaban J connectivity index is 2.34. The number of rotatable bonds is 6. The SMILES string of the molecule is COCCOCNC(=O)N(C)c1ccc(O)cc1. The number of urea groups is 1. The maximum Gasteiger partial charge on any atom is 0.323 e. The third-order valence-corrected chi connectivity index (χ3v) is 2.30. The normalized spacial score (nSPS) is 10.1. The van der Waals surface area contributed by atoms with Crippen LogP contribution in [-0.2, 0) is 9.47 Å². The lowest BCUT2D eigenvalue weighted by atomic mass is 10.3. The summed E-state index contributed by atoms with van der Waals surface area (Å²) in [5.41, 5.74) is 0.683. The average Bonchev–Trinajstić information content (AvgIpc) is 2.38. The number of ether oxygens (including phenoxy) is 2. The van der Waals surface area contributed by atoms with Crippen LogP contribution in [0, 0.1) is 0 Å². The zero-order valence-electron chi connectivity index (χ0n) is 10.5. The van der Waals surface area contributed by atoms with Crippen molar-refractivity contribution in [2.24, 2.45) is 0 Å². The van der Waals surface area contributed by atoms with Crippen LogP contribution in [0.15, 0.2) is 24.3 Å². The molecule has 2 amide bonds. The molecule has 0 saturated heterocycles. The van der Waals surface area contributed by atoms with E-state index in [-0.39, 0.29) is 18.5 Å². The molecule has 0 aliphatic heterocycles. The number of hydrogen-bond donors (Lipinski definition) is 2. The summed E-state index contributed by atoms with van der Waals surface area (Å²) >= 11 is 0. The van der Waals surface area contributed by atoms with Crippen molar-refractivity contribution in [1.29, 1.82) is 0 Å². The predicted octanol–water partition coefficient (Wildman–Crippen LogP) is 1.16. The van der Waals surface area contributed by atoms with E-state index >= 15 is 0 Å². The van der Waals surface area contributed by atoms with Crippen molar-refractivity contribution < 1.29 is 19.4 Å². The zero-order chi connectivity index (χ0) is 13.4. The van der Waals surface area contributed by atoms with Crippen LogP contribution >= 0.6 is 0 Å². The highest BCUT2D eigenvalue weighted by Crippen LogP contribution is 2.16. The molecule has 0 heterocycles. The lowest BCUT2D eigenvalue weighted by Crippen LogP contribution is -2.38. The first kappa shape index (κ1) is 14.3. The Labute approximate surface area is 106 Å². The lowest BCUT2D eigenvalue weighted by molar-refractivity contribution is 0.0647. The van der Waals surface area contributed by atoms with Crippen LogP contribution in [0.2, 0.25) is 0 Å². The number of benzene rings is 1. The molecule has 0 fully saturated rings. The molecule has 18 heavy (non-hydrogen) atoms. The number of phenolic OH excluding ortho intramolecular Hbond substituents is 1. The number of methoxy groups -OCH3 is 1. The van der Waals surface area contributed by atoms with E-state index in [1.165, 1.54) is 17.0 Å². The molecule has 6 nitrogen and oxygen atoms in total. The van der Waals surface area contributed by atoms with Gasteiger partial charge in [0.15, 0.2) is 0 Å². The minimum Gasteiger partial charge on any atom is -0.508 e.